The van der Waals surface area contributed by atoms with Crippen LogP contribution in [0, 0.1) is 6.92 Å². The van der Waals surface area contributed by atoms with Gasteiger partial charge in [0.05, 0.1) is 29.9 Å². The second-order valence-electron chi connectivity index (χ2n) is 6.85. The lowest BCUT2D eigenvalue weighted by atomic mass is 10.0. The maximum absolute atomic E-state index is 12.9. The van der Waals surface area contributed by atoms with Crippen LogP contribution in [0.1, 0.15) is 46.8 Å². The number of fused-ring (bicyclic) bond motifs is 1. The Kier molecular flexibility index (Phi) is 4.93. The Balaban J connectivity index is 1.58. The molecule has 2 heterocycles. The zero-order valence-electron chi connectivity index (χ0n) is 15.9. The highest BCUT2D eigenvalue weighted by molar-refractivity contribution is 5.97. The zero-order chi connectivity index (χ0) is 19.5. The molecule has 6 nitrogen and oxygen atoms in total. The molecule has 6 heteroatoms. The van der Waals surface area contributed by atoms with Crippen molar-refractivity contribution in [2.24, 2.45) is 0 Å². The number of nitrogens with one attached hydrogen (secondary N) is 1. The first kappa shape index (κ1) is 18.0. The lowest BCUT2D eigenvalue weighted by Gasteiger charge is -2.17. The number of nitrogens with zero attached hydrogens (tertiary/aromatic N) is 3. The average Bonchev–Trinajstić information content (AvgIpc) is 3.32. The minimum absolute atomic E-state index is 0.0209. The van der Waals surface area contributed by atoms with E-state index in [1.165, 1.54) is 0 Å². The van der Waals surface area contributed by atoms with Crippen LogP contribution in [0.4, 0.5) is 0 Å². The van der Waals surface area contributed by atoms with E-state index in [4.69, 9.17) is 4.52 Å². The quantitative estimate of drug-likeness (QED) is 0.547. The first-order valence-electron chi connectivity index (χ1n) is 9.37. The van der Waals surface area contributed by atoms with Crippen molar-refractivity contribution in [3.63, 3.8) is 0 Å². The van der Waals surface area contributed by atoms with E-state index in [1.807, 2.05) is 66.1 Å². The average molecular weight is 374 g/mol. The number of imidazole rings is 1. The Bertz CT molecular complexity index is 1100. The summed E-state index contributed by atoms with van der Waals surface area (Å²) in [6.45, 7) is 4.47. The summed E-state index contributed by atoms with van der Waals surface area (Å²) in [5.41, 5.74) is 4.26. The fourth-order valence-electron chi connectivity index (χ4n) is 3.34. The highest BCUT2D eigenvalue weighted by atomic mass is 16.5. The summed E-state index contributed by atoms with van der Waals surface area (Å²) in [4.78, 5) is 17.3. The van der Waals surface area contributed by atoms with E-state index in [-0.39, 0.29) is 11.9 Å². The van der Waals surface area contributed by atoms with Crippen LogP contribution in [-0.4, -0.2) is 20.6 Å². The first-order chi connectivity index (χ1) is 13.6. The van der Waals surface area contributed by atoms with Gasteiger partial charge in [-0.05, 0) is 37.1 Å². The molecule has 0 saturated carbocycles. The van der Waals surface area contributed by atoms with Gasteiger partial charge in [-0.3, -0.25) is 4.79 Å². The van der Waals surface area contributed by atoms with Crippen LogP contribution < -0.4 is 5.32 Å². The largest absolute Gasteiger partial charge is 0.361 e. The normalized spacial score (nSPS) is 12.2. The number of benzene rings is 2. The molecule has 0 radical (unpaired) electrons. The molecule has 1 amide bonds. The van der Waals surface area contributed by atoms with E-state index >= 15 is 0 Å². The maximum Gasteiger partial charge on any atom is 0.251 e. The van der Waals surface area contributed by atoms with E-state index < -0.39 is 0 Å². The van der Waals surface area contributed by atoms with Gasteiger partial charge in [0.25, 0.3) is 5.91 Å². The fraction of sp³-hybridized carbons (Fsp3) is 0.227. The van der Waals surface area contributed by atoms with Crippen LogP contribution in [0.25, 0.3) is 11.0 Å². The van der Waals surface area contributed by atoms with Crippen molar-refractivity contribution in [3.05, 3.63) is 83.5 Å². The van der Waals surface area contributed by atoms with Crippen molar-refractivity contribution in [1.82, 2.24) is 20.0 Å². The molecule has 4 rings (SSSR count). The number of amides is 1. The molecular weight excluding hydrogens is 352 g/mol. The van der Waals surface area contributed by atoms with Gasteiger partial charge >= 0.3 is 0 Å². The van der Waals surface area contributed by atoms with Crippen LogP contribution in [0.5, 0.6) is 0 Å². The van der Waals surface area contributed by atoms with Crippen LogP contribution in [-0.2, 0) is 6.54 Å². The molecule has 1 unspecified atom stereocenters. The van der Waals surface area contributed by atoms with Gasteiger partial charge in [0, 0.05) is 11.6 Å². The topological polar surface area (TPSA) is 73.0 Å². The molecule has 0 bridgehead atoms. The number of hydrogen-bond acceptors (Lipinski definition) is 4. The Hall–Kier alpha value is -3.41. The number of hydrogen-bond donors (Lipinski definition) is 1. The molecule has 142 valence electrons. The summed E-state index contributed by atoms with van der Waals surface area (Å²) in [7, 11) is 0. The first-order valence-corrected chi connectivity index (χ1v) is 9.37. The summed E-state index contributed by atoms with van der Waals surface area (Å²) in [6.07, 6.45) is 2.58. The molecule has 2 aromatic carbocycles. The van der Waals surface area contributed by atoms with Crippen molar-refractivity contribution < 1.29 is 9.32 Å². The summed E-state index contributed by atoms with van der Waals surface area (Å²) < 4.78 is 7.11. The SMILES string of the molecule is CCC(NC(=O)c1ccc2ncn(Cc3cc(C)on3)c2c1)c1ccccc1. The lowest BCUT2D eigenvalue weighted by molar-refractivity contribution is 0.0935. The molecular formula is C22H22N4O2. The molecule has 4 aromatic rings. The molecule has 0 aliphatic rings. The van der Waals surface area contributed by atoms with Gasteiger partial charge in [-0.15, -0.1) is 0 Å². The third-order valence-electron chi connectivity index (χ3n) is 4.81. The van der Waals surface area contributed by atoms with Gasteiger partial charge in [0.1, 0.15) is 11.5 Å². The zero-order valence-corrected chi connectivity index (χ0v) is 15.9. The third-order valence-corrected chi connectivity index (χ3v) is 4.81. The summed E-state index contributed by atoms with van der Waals surface area (Å²) >= 11 is 0. The van der Waals surface area contributed by atoms with Crippen LogP contribution in [0.3, 0.4) is 0 Å². The van der Waals surface area contributed by atoms with Gasteiger partial charge in [0.15, 0.2) is 0 Å². The van der Waals surface area contributed by atoms with Crippen molar-refractivity contribution >= 4 is 16.9 Å². The minimum atomic E-state index is -0.0948. The Morgan fingerprint density at radius 1 is 1.18 bits per heavy atom. The van der Waals surface area contributed by atoms with Gasteiger partial charge < -0.3 is 14.4 Å². The molecule has 1 N–H and O–H groups in total. The second kappa shape index (κ2) is 7.68. The Labute approximate surface area is 163 Å². The van der Waals surface area contributed by atoms with Gasteiger partial charge in [-0.2, -0.15) is 0 Å². The minimum Gasteiger partial charge on any atom is -0.361 e. The number of aryl methyl sites for hydroxylation is 1. The van der Waals surface area contributed by atoms with Gasteiger partial charge in [0.2, 0.25) is 0 Å². The number of carbonyl (C=O) groups is 1. The standard InChI is InChI=1S/C22H22N4O2/c1-3-19(16-7-5-4-6-8-16)24-22(27)17-9-10-20-21(12-17)26(14-23-20)13-18-11-15(2)28-25-18/h4-12,14,19H,3,13H2,1-2H3,(H,24,27). The highest BCUT2D eigenvalue weighted by Crippen LogP contribution is 2.20. The van der Waals surface area contributed by atoms with Crippen LogP contribution in [0.15, 0.2) is 65.4 Å². The van der Waals surface area contributed by atoms with E-state index in [0.29, 0.717) is 12.1 Å². The third kappa shape index (κ3) is 3.67. The van der Waals surface area contributed by atoms with Crippen LogP contribution in [0.2, 0.25) is 0 Å². The smallest absolute Gasteiger partial charge is 0.251 e. The predicted molar refractivity (Wildman–Crippen MR) is 107 cm³/mol. The molecule has 0 spiro atoms. The molecule has 1 atom stereocenters. The lowest BCUT2D eigenvalue weighted by Crippen LogP contribution is -2.28. The monoisotopic (exact) mass is 374 g/mol. The highest BCUT2D eigenvalue weighted by Gasteiger charge is 2.15. The van der Waals surface area contributed by atoms with Gasteiger partial charge in [-0.25, -0.2) is 4.98 Å². The fourth-order valence-corrected chi connectivity index (χ4v) is 3.34. The van der Waals surface area contributed by atoms with Crippen LogP contribution >= 0.6 is 0 Å². The van der Waals surface area contributed by atoms with Gasteiger partial charge in [-0.1, -0.05) is 42.4 Å². The summed E-state index contributed by atoms with van der Waals surface area (Å²) in [5, 5.41) is 7.17. The number of rotatable bonds is 6. The van der Waals surface area contributed by atoms with E-state index in [9.17, 15) is 4.79 Å². The number of aromatic nitrogens is 3. The maximum atomic E-state index is 12.9. The van der Waals surface area contributed by atoms with Crippen molar-refractivity contribution in [3.8, 4) is 0 Å². The number of carbonyl (C=O) groups excluding carboxylic acids is 1. The van der Waals surface area contributed by atoms with E-state index in [2.05, 4.69) is 22.4 Å². The van der Waals surface area contributed by atoms with E-state index in [0.717, 1.165) is 34.5 Å². The molecule has 0 saturated heterocycles. The Morgan fingerprint density at radius 3 is 2.71 bits per heavy atom. The molecule has 0 aliphatic carbocycles. The molecule has 28 heavy (non-hydrogen) atoms. The Morgan fingerprint density at radius 2 is 2.00 bits per heavy atom. The molecule has 2 aromatic heterocycles. The molecule has 0 fully saturated rings. The van der Waals surface area contributed by atoms with Crippen molar-refractivity contribution in [2.45, 2.75) is 32.9 Å². The summed E-state index contributed by atoms with van der Waals surface area (Å²) in [6, 6.07) is 17.5. The summed E-state index contributed by atoms with van der Waals surface area (Å²) in [5.74, 6) is 0.675. The van der Waals surface area contributed by atoms with Crippen molar-refractivity contribution in [1.29, 1.82) is 0 Å². The molecule has 0 aliphatic heterocycles. The second-order valence-corrected chi connectivity index (χ2v) is 6.85. The van der Waals surface area contributed by atoms with Crippen molar-refractivity contribution in [2.75, 3.05) is 0 Å². The van der Waals surface area contributed by atoms with E-state index in [1.54, 1.807) is 6.33 Å². The predicted octanol–water partition coefficient (Wildman–Crippen LogP) is 4.26.